The Morgan fingerprint density at radius 2 is 1.88 bits per heavy atom. The van der Waals surface area contributed by atoms with Crippen LogP contribution in [0.5, 0.6) is 0 Å². The smallest absolute Gasteiger partial charge is 0.317 e. The average molecular weight is 463 g/mol. The van der Waals surface area contributed by atoms with Gasteiger partial charge in [-0.3, -0.25) is 9.58 Å². The van der Waals surface area contributed by atoms with Crippen molar-refractivity contribution in [1.82, 2.24) is 34.9 Å². The van der Waals surface area contributed by atoms with Gasteiger partial charge in [0.2, 0.25) is 5.95 Å². The van der Waals surface area contributed by atoms with Gasteiger partial charge >= 0.3 is 6.03 Å². The van der Waals surface area contributed by atoms with Gasteiger partial charge < -0.3 is 15.5 Å². The molecule has 3 aromatic rings. The van der Waals surface area contributed by atoms with E-state index in [0.29, 0.717) is 12.5 Å². The molecule has 1 aromatic carbocycles. The van der Waals surface area contributed by atoms with Crippen LogP contribution in [0.3, 0.4) is 0 Å². The highest BCUT2D eigenvalue weighted by Crippen LogP contribution is 2.22. The summed E-state index contributed by atoms with van der Waals surface area (Å²) in [6.07, 6.45) is 5.34. The number of amides is 2. The van der Waals surface area contributed by atoms with E-state index in [-0.39, 0.29) is 11.6 Å². The van der Waals surface area contributed by atoms with Crippen LogP contribution in [-0.2, 0) is 13.6 Å². The van der Waals surface area contributed by atoms with Crippen molar-refractivity contribution in [3.63, 3.8) is 0 Å². The zero-order chi connectivity index (χ0) is 24.3. The predicted molar refractivity (Wildman–Crippen MR) is 134 cm³/mol. The average Bonchev–Trinajstić information content (AvgIpc) is 3.22. The summed E-state index contributed by atoms with van der Waals surface area (Å²) in [6, 6.07) is 8.08. The predicted octanol–water partition coefficient (Wildman–Crippen LogP) is 3.55. The Balaban J connectivity index is 1.35. The molecule has 34 heavy (non-hydrogen) atoms. The fourth-order valence-corrected chi connectivity index (χ4v) is 4.11. The molecule has 1 aliphatic heterocycles. The summed E-state index contributed by atoms with van der Waals surface area (Å²) in [5, 5.41) is 10.4. The maximum atomic E-state index is 12.7. The second-order valence-electron chi connectivity index (χ2n) is 9.74. The molecule has 180 valence electrons. The van der Waals surface area contributed by atoms with Gasteiger partial charge in [-0.2, -0.15) is 5.10 Å². The maximum absolute atomic E-state index is 12.7. The number of nitrogens with zero attached hydrogens (tertiary/aromatic N) is 6. The molecule has 9 heteroatoms. The summed E-state index contributed by atoms with van der Waals surface area (Å²) in [4.78, 5) is 26.0. The number of urea groups is 1. The Labute approximate surface area is 201 Å². The van der Waals surface area contributed by atoms with E-state index in [1.54, 1.807) is 17.1 Å². The van der Waals surface area contributed by atoms with E-state index in [1.807, 2.05) is 30.3 Å². The number of hydrogen-bond donors (Lipinski definition) is 2. The second-order valence-corrected chi connectivity index (χ2v) is 9.74. The Morgan fingerprint density at radius 1 is 1.12 bits per heavy atom. The highest BCUT2D eigenvalue weighted by molar-refractivity contribution is 5.74. The lowest BCUT2D eigenvalue weighted by molar-refractivity contribution is 0.0742. The quantitative estimate of drug-likeness (QED) is 0.603. The van der Waals surface area contributed by atoms with Crippen molar-refractivity contribution >= 4 is 17.7 Å². The Hall–Kier alpha value is -3.46. The fourth-order valence-electron chi connectivity index (χ4n) is 4.11. The minimum Gasteiger partial charge on any atom is -0.334 e. The molecule has 0 spiro atoms. The van der Waals surface area contributed by atoms with E-state index in [1.165, 1.54) is 0 Å². The molecule has 0 unspecified atom stereocenters. The van der Waals surface area contributed by atoms with Crippen molar-refractivity contribution in [2.24, 2.45) is 7.05 Å². The number of hydrogen-bond acceptors (Lipinski definition) is 6. The van der Waals surface area contributed by atoms with Crippen LogP contribution in [0, 0.1) is 6.92 Å². The minimum atomic E-state index is -0.000968. The van der Waals surface area contributed by atoms with Crippen molar-refractivity contribution in [3.8, 4) is 11.3 Å². The number of nitrogens with one attached hydrogen (secondary N) is 2. The summed E-state index contributed by atoms with van der Waals surface area (Å²) in [6.45, 7) is 12.5. The Morgan fingerprint density at radius 3 is 2.53 bits per heavy atom. The van der Waals surface area contributed by atoms with Gasteiger partial charge in [-0.25, -0.2) is 14.8 Å². The number of piperazine rings is 1. The van der Waals surface area contributed by atoms with E-state index in [4.69, 9.17) is 0 Å². The first-order valence-corrected chi connectivity index (χ1v) is 11.7. The summed E-state index contributed by atoms with van der Waals surface area (Å²) in [7, 11) is 1.86. The van der Waals surface area contributed by atoms with Crippen molar-refractivity contribution < 1.29 is 4.79 Å². The second kappa shape index (κ2) is 9.80. The number of carbonyl (C=O) groups is 1. The van der Waals surface area contributed by atoms with Crippen molar-refractivity contribution in [2.45, 2.75) is 39.8 Å². The Kier molecular flexibility index (Phi) is 6.83. The third-order valence-corrected chi connectivity index (χ3v) is 6.20. The molecule has 2 amide bonds. The molecule has 0 atom stereocenters. The van der Waals surface area contributed by atoms with Gasteiger partial charge in [0.15, 0.2) is 0 Å². The van der Waals surface area contributed by atoms with Gasteiger partial charge in [-0.1, -0.05) is 12.1 Å². The number of carbonyl (C=O) groups excluding carboxylic acids is 1. The SMILES string of the molecule is Cc1cc(-c2ccnc(Nc3cnn(C)c3)n2)ccc1CNC(=O)N1CCN(C(C)(C)C)CC1. The van der Waals surface area contributed by atoms with Gasteiger partial charge in [-0.05, 0) is 51.0 Å². The van der Waals surface area contributed by atoms with Crippen molar-refractivity contribution in [2.75, 3.05) is 31.5 Å². The number of aryl methyl sites for hydroxylation is 2. The van der Waals surface area contributed by atoms with Crippen LogP contribution in [0.4, 0.5) is 16.4 Å². The number of rotatable bonds is 5. The number of aromatic nitrogens is 4. The Bertz CT molecular complexity index is 1140. The molecule has 9 nitrogen and oxygen atoms in total. The van der Waals surface area contributed by atoms with Crippen LogP contribution in [0.15, 0.2) is 42.9 Å². The maximum Gasteiger partial charge on any atom is 0.317 e. The molecule has 0 bridgehead atoms. The lowest BCUT2D eigenvalue weighted by Crippen LogP contribution is -2.56. The van der Waals surface area contributed by atoms with Crippen LogP contribution in [0.2, 0.25) is 0 Å². The molecule has 1 fully saturated rings. The van der Waals surface area contributed by atoms with Crippen molar-refractivity contribution in [3.05, 3.63) is 54.0 Å². The summed E-state index contributed by atoms with van der Waals surface area (Å²) in [5.74, 6) is 0.519. The first kappa shape index (κ1) is 23.7. The van der Waals surface area contributed by atoms with Gasteiger partial charge in [0.25, 0.3) is 0 Å². The first-order valence-electron chi connectivity index (χ1n) is 11.7. The lowest BCUT2D eigenvalue weighted by Gasteiger charge is -2.42. The largest absolute Gasteiger partial charge is 0.334 e. The highest BCUT2D eigenvalue weighted by atomic mass is 16.2. The molecular formula is C25H34N8O. The molecule has 0 saturated carbocycles. The zero-order valence-corrected chi connectivity index (χ0v) is 20.7. The molecule has 0 aliphatic carbocycles. The van der Waals surface area contributed by atoms with Gasteiger partial charge in [-0.15, -0.1) is 0 Å². The highest BCUT2D eigenvalue weighted by Gasteiger charge is 2.27. The van der Waals surface area contributed by atoms with Crippen LogP contribution in [0.1, 0.15) is 31.9 Å². The molecule has 2 aromatic heterocycles. The summed E-state index contributed by atoms with van der Waals surface area (Å²) >= 11 is 0. The summed E-state index contributed by atoms with van der Waals surface area (Å²) in [5.41, 5.74) is 5.01. The third-order valence-electron chi connectivity index (χ3n) is 6.20. The number of benzene rings is 1. The first-order chi connectivity index (χ1) is 16.2. The molecule has 2 N–H and O–H groups in total. The number of anilines is 2. The van der Waals surface area contributed by atoms with E-state index < -0.39 is 0 Å². The van der Waals surface area contributed by atoms with Crippen molar-refractivity contribution in [1.29, 1.82) is 0 Å². The van der Waals surface area contributed by atoms with Gasteiger partial charge in [0.1, 0.15) is 0 Å². The van der Waals surface area contributed by atoms with Gasteiger partial charge in [0, 0.05) is 63.3 Å². The fraction of sp³-hybridized carbons (Fsp3) is 0.440. The molecule has 1 saturated heterocycles. The molecule has 1 aliphatic rings. The third kappa shape index (κ3) is 5.72. The van der Waals surface area contributed by atoms with E-state index in [0.717, 1.165) is 54.3 Å². The molecular weight excluding hydrogens is 428 g/mol. The lowest BCUT2D eigenvalue weighted by atomic mass is 10.0. The zero-order valence-electron chi connectivity index (χ0n) is 20.7. The molecule has 4 rings (SSSR count). The van der Waals surface area contributed by atoms with Gasteiger partial charge in [0.05, 0.1) is 17.6 Å². The monoisotopic (exact) mass is 462 g/mol. The normalized spacial score (nSPS) is 14.8. The molecule has 3 heterocycles. The van der Waals surface area contributed by atoms with Crippen LogP contribution in [0.25, 0.3) is 11.3 Å². The minimum absolute atomic E-state index is 0.000968. The molecule has 0 radical (unpaired) electrons. The topological polar surface area (TPSA) is 91.2 Å². The van der Waals surface area contributed by atoms with E-state index in [9.17, 15) is 4.79 Å². The summed E-state index contributed by atoms with van der Waals surface area (Å²) < 4.78 is 1.72. The van der Waals surface area contributed by atoms with Crippen LogP contribution in [-0.4, -0.2) is 67.3 Å². The standard InChI is InChI=1S/C25H34N8O/c1-18-14-19(22-8-9-26-23(30-22)29-21-16-28-31(5)17-21)6-7-20(18)15-27-24(34)32-10-12-33(13-11-32)25(2,3)4/h6-9,14,16-17H,10-13,15H2,1-5H3,(H,27,34)(H,26,29,30). The van der Waals surface area contributed by atoms with Crippen LogP contribution < -0.4 is 10.6 Å². The van der Waals surface area contributed by atoms with E-state index >= 15 is 0 Å². The van der Waals surface area contributed by atoms with Crippen LogP contribution >= 0.6 is 0 Å². The van der Waals surface area contributed by atoms with E-state index in [2.05, 4.69) is 70.4 Å².